The third-order valence-corrected chi connectivity index (χ3v) is 9.95. The van der Waals surface area contributed by atoms with Gasteiger partial charge in [0.1, 0.15) is 0 Å². The summed E-state index contributed by atoms with van der Waals surface area (Å²) < 4.78 is 2.42. The van der Waals surface area contributed by atoms with E-state index >= 15 is 0 Å². The quantitative estimate of drug-likeness (QED) is 0.141. The molecule has 1 aromatic heterocycles. The Kier molecular flexibility index (Phi) is 5.64. The minimum Gasteiger partial charge on any atom is -0.309 e. The van der Waals surface area contributed by atoms with E-state index in [-0.39, 0.29) is 0 Å². The van der Waals surface area contributed by atoms with Crippen LogP contribution in [0.5, 0.6) is 0 Å². The van der Waals surface area contributed by atoms with Crippen molar-refractivity contribution in [3.63, 3.8) is 0 Å². The van der Waals surface area contributed by atoms with Crippen molar-refractivity contribution in [2.75, 3.05) is 0 Å². The maximum absolute atomic E-state index is 2.42. The van der Waals surface area contributed by atoms with Gasteiger partial charge in [0.15, 0.2) is 0 Å². The molecule has 9 aromatic carbocycles. The van der Waals surface area contributed by atoms with Crippen molar-refractivity contribution >= 4 is 64.9 Å². The molecule has 218 valence electrons. The fraction of sp³-hybridized carbons (Fsp3) is 0. The topological polar surface area (TPSA) is 4.93 Å². The van der Waals surface area contributed by atoms with Crippen LogP contribution in [0.15, 0.2) is 176 Å². The number of hydrogen-bond acceptors (Lipinski definition) is 0. The van der Waals surface area contributed by atoms with Gasteiger partial charge >= 0.3 is 0 Å². The Hall–Kier alpha value is -6.18. The lowest BCUT2D eigenvalue weighted by Crippen LogP contribution is -1.95. The molecule has 0 fully saturated rings. The van der Waals surface area contributed by atoms with Crippen LogP contribution in [0.2, 0.25) is 0 Å². The lowest BCUT2D eigenvalue weighted by atomic mass is 9.83. The molecule has 0 spiro atoms. The van der Waals surface area contributed by atoms with Gasteiger partial charge in [-0.1, -0.05) is 152 Å². The third kappa shape index (κ3) is 3.84. The molecule has 0 aliphatic carbocycles. The van der Waals surface area contributed by atoms with E-state index in [1.807, 2.05) is 0 Å². The van der Waals surface area contributed by atoms with Crippen molar-refractivity contribution in [3.8, 4) is 27.9 Å². The zero-order chi connectivity index (χ0) is 30.9. The van der Waals surface area contributed by atoms with Crippen LogP contribution < -0.4 is 0 Å². The van der Waals surface area contributed by atoms with Crippen LogP contribution in [0, 0.1) is 0 Å². The minimum atomic E-state index is 1.17. The first kappa shape index (κ1) is 26.1. The second-order valence-corrected chi connectivity index (χ2v) is 12.5. The third-order valence-electron chi connectivity index (χ3n) is 9.95. The number of rotatable bonds is 3. The Balaban J connectivity index is 1.38. The van der Waals surface area contributed by atoms with Crippen molar-refractivity contribution in [3.05, 3.63) is 176 Å². The van der Waals surface area contributed by atoms with E-state index in [0.29, 0.717) is 0 Å². The largest absolute Gasteiger partial charge is 0.309 e. The highest BCUT2D eigenvalue weighted by molar-refractivity contribution is 6.29. The number of nitrogens with zero attached hydrogens (tertiary/aromatic N) is 1. The molecule has 0 atom stereocenters. The molecule has 1 nitrogen and oxygen atoms in total. The molecule has 0 saturated heterocycles. The first-order valence-electron chi connectivity index (χ1n) is 16.3. The highest BCUT2D eigenvalue weighted by atomic mass is 15.0. The Morgan fingerprint density at radius 1 is 0.319 bits per heavy atom. The van der Waals surface area contributed by atoms with Crippen molar-refractivity contribution in [2.45, 2.75) is 0 Å². The highest BCUT2D eigenvalue weighted by Gasteiger charge is 2.21. The van der Waals surface area contributed by atoms with Crippen LogP contribution >= 0.6 is 0 Å². The lowest BCUT2D eigenvalue weighted by Gasteiger charge is -2.20. The predicted octanol–water partition coefficient (Wildman–Crippen LogP) is 12.7. The zero-order valence-electron chi connectivity index (χ0n) is 25.7. The van der Waals surface area contributed by atoms with Gasteiger partial charge in [-0.2, -0.15) is 0 Å². The second kappa shape index (κ2) is 10.2. The van der Waals surface area contributed by atoms with Crippen molar-refractivity contribution in [1.29, 1.82) is 0 Å². The summed E-state index contributed by atoms with van der Waals surface area (Å²) in [5.41, 5.74) is 8.67. The molecule has 0 saturated carbocycles. The van der Waals surface area contributed by atoms with Crippen molar-refractivity contribution < 1.29 is 0 Å². The minimum absolute atomic E-state index is 1.17. The fourth-order valence-electron chi connectivity index (χ4n) is 7.96. The SMILES string of the molecule is c1ccc(-n2c3ccccc3c3ccc(-c4c5ccccc5c(-c5cccc6ccccc56)c5c4ccc4ccccc45)cc32)cc1. The summed E-state index contributed by atoms with van der Waals surface area (Å²) in [6.45, 7) is 0. The molecule has 0 amide bonds. The van der Waals surface area contributed by atoms with Gasteiger partial charge in [0.2, 0.25) is 0 Å². The molecule has 0 aliphatic rings. The number of aromatic nitrogens is 1. The maximum atomic E-state index is 2.42. The van der Waals surface area contributed by atoms with E-state index in [0.717, 1.165) is 0 Å². The van der Waals surface area contributed by atoms with Crippen LogP contribution in [-0.4, -0.2) is 4.57 Å². The Bertz CT molecular complexity index is 2830. The molecule has 10 aromatic rings. The van der Waals surface area contributed by atoms with E-state index in [2.05, 4.69) is 180 Å². The lowest BCUT2D eigenvalue weighted by molar-refractivity contribution is 1.18. The van der Waals surface area contributed by atoms with Gasteiger partial charge in [-0.15, -0.1) is 0 Å². The average Bonchev–Trinajstić information content (AvgIpc) is 3.47. The van der Waals surface area contributed by atoms with Gasteiger partial charge in [0.25, 0.3) is 0 Å². The summed E-state index contributed by atoms with van der Waals surface area (Å²) in [5.74, 6) is 0. The predicted molar refractivity (Wildman–Crippen MR) is 202 cm³/mol. The van der Waals surface area contributed by atoms with E-state index in [1.54, 1.807) is 0 Å². The van der Waals surface area contributed by atoms with Crippen LogP contribution in [-0.2, 0) is 0 Å². The van der Waals surface area contributed by atoms with Gasteiger partial charge in [-0.05, 0) is 89.6 Å². The number of hydrogen-bond donors (Lipinski definition) is 0. The summed E-state index contributed by atoms with van der Waals surface area (Å²) in [6.07, 6.45) is 0. The van der Waals surface area contributed by atoms with Gasteiger partial charge in [-0.25, -0.2) is 0 Å². The summed E-state index contributed by atoms with van der Waals surface area (Å²) in [7, 11) is 0. The van der Waals surface area contributed by atoms with E-state index in [1.165, 1.54) is 92.8 Å². The fourth-order valence-corrected chi connectivity index (χ4v) is 7.96. The molecule has 0 radical (unpaired) electrons. The first-order valence-corrected chi connectivity index (χ1v) is 16.3. The average molecular weight is 596 g/mol. The van der Waals surface area contributed by atoms with Crippen LogP contribution in [0.3, 0.4) is 0 Å². The molecular formula is C46H29N. The number of benzene rings is 9. The van der Waals surface area contributed by atoms with Crippen molar-refractivity contribution in [2.24, 2.45) is 0 Å². The van der Waals surface area contributed by atoms with Crippen LogP contribution in [0.25, 0.3) is 92.8 Å². The van der Waals surface area contributed by atoms with Gasteiger partial charge in [-0.3, -0.25) is 0 Å². The Labute approximate surface area is 272 Å². The molecule has 0 aliphatic heterocycles. The first-order chi connectivity index (χ1) is 23.3. The van der Waals surface area contributed by atoms with Gasteiger partial charge in [0.05, 0.1) is 11.0 Å². The molecule has 47 heavy (non-hydrogen) atoms. The molecule has 0 bridgehead atoms. The van der Waals surface area contributed by atoms with Crippen LogP contribution in [0.1, 0.15) is 0 Å². The molecule has 10 rings (SSSR count). The molecular weight excluding hydrogens is 567 g/mol. The zero-order valence-corrected chi connectivity index (χ0v) is 25.7. The summed E-state index contributed by atoms with van der Waals surface area (Å²) in [6, 6.07) is 64.6. The molecule has 0 N–H and O–H groups in total. The van der Waals surface area contributed by atoms with Crippen LogP contribution in [0.4, 0.5) is 0 Å². The summed E-state index contributed by atoms with van der Waals surface area (Å²) in [5, 5.41) is 12.7. The van der Waals surface area contributed by atoms with Gasteiger partial charge < -0.3 is 4.57 Å². The Morgan fingerprint density at radius 2 is 0.894 bits per heavy atom. The van der Waals surface area contributed by atoms with Gasteiger partial charge in [0, 0.05) is 16.5 Å². The summed E-state index contributed by atoms with van der Waals surface area (Å²) >= 11 is 0. The molecule has 1 heteroatoms. The monoisotopic (exact) mass is 595 g/mol. The molecule has 1 heterocycles. The standard InChI is InChI=1S/C46H29N/c1-2-16-33(17-3-1)47-42-24-11-10-20-36(42)37-27-26-32(29-43(37)47)44-39-21-8-9-22-40(39)46(38-23-12-15-30-13-4-6-18-34(30)38)45-35-19-7-5-14-31(35)25-28-41(44)45/h1-29H. The number of fused-ring (bicyclic) bond motifs is 8. The van der Waals surface area contributed by atoms with Crippen molar-refractivity contribution in [1.82, 2.24) is 4.57 Å². The van der Waals surface area contributed by atoms with E-state index < -0.39 is 0 Å². The van der Waals surface area contributed by atoms with E-state index in [9.17, 15) is 0 Å². The number of para-hydroxylation sites is 2. The second-order valence-electron chi connectivity index (χ2n) is 12.5. The molecule has 0 unspecified atom stereocenters. The summed E-state index contributed by atoms with van der Waals surface area (Å²) in [4.78, 5) is 0. The highest BCUT2D eigenvalue weighted by Crippen LogP contribution is 2.48. The van der Waals surface area contributed by atoms with E-state index in [4.69, 9.17) is 0 Å². The normalized spacial score (nSPS) is 11.8. The maximum Gasteiger partial charge on any atom is 0.0547 e. The smallest absolute Gasteiger partial charge is 0.0547 e. The Morgan fingerprint density at radius 3 is 1.70 bits per heavy atom.